The summed E-state index contributed by atoms with van der Waals surface area (Å²) in [6.07, 6.45) is 0. The normalized spacial score (nSPS) is 7.62. The standard InChI is InChI=1S/C7H5N2OP.2ClH/c8-5-6-1-3-7(4-2-6)9-11-10;;/h1-4H,(H,9,10);2*1H/p+1. The second kappa shape index (κ2) is 7.82. The topological polar surface area (TPSA) is 52.9 Å². The Morgan fingerprint density at radius 1 is 1.23 bits per heavy atom. The van der Waals surface area contributed by atoms with Gasteiger partial charge in [-0.05, 0) is 28.8 Å². The van der Waals surface area contributed by atoms with Crippen molar-refractivity contribution in [3.63, 3.8) is 0 Å². The third kappa shape index (κ3) is 4.69. The lowest BCUT2D eigenvalue weighted by atomic mass is 10.2. The summed E-state index contributed by atoms with van der Waals surface area (Å²) in [5.74, 6) is 0. The van der Waals surface area contributed by atoms with Crippen LogP contribution in [0.5, 0.6) is 0 Å². The number of nitrogens with zero attached hydrogens (tertiary/aromatic N) is 1. The summed E-state index contributed by atoms with van der Waals surface area (Å²) in [4.78, 5) is 0. The molecule has 0 radical (unpaired) electrons. The van der Waals surface area contributed by atoms with Gasteiger partial charge in [0.05, 0.1) is 17.3 Å². The van der Waals surface area contributed by atoms with Crippen molar-refractivity contribution in [3.05, 3.63) is 29.8 Å². The summed E-state index contributed by atoms with van der Waals surface area (Å²) in [6.45, 7) is 0. The van der Waals surface area contributed by atoms with E-state index in [-0.39, 0.29) is 24.8 Å². The molecule has 0 saturated carbocycles. The first kappa shape index (κ1) is 14.7. The summed E-state index contributed by atoms with van der Waals surface area (Å²) in [5.41, 5.74) is 1.36. The zero-order chi connectivity index (χ0) is 8.10. The van der Waals surface area contributed by atoms with Crippen molar-refractivity contribution in [1.82, 2.24) is 0 Å². The molecule has 13 heavy (non-hydrogen) atoms. The van der Waals surface area contributed by atoms with Crippen LogP contribution in [0.4, 0.5) is 5.69 Å². The molecule has 1 atom stereocenters. The lowest BCUT2D eigenvalue weighted by Gasteiger charge is -1.90. The van der Waals surface area contributed by atoms with Gasteiger partial charge in [0.1, 0.15) is 0 Å². The second-order valence-electron chi connectivity index (χ2n) is 1.92. The van der Waals surface area contributed by atoms with Gasteiger partial charge in [0.25, 0.3) is 0 Å². The van der Waals surface area contributed by atoms with Crippen LogP contribution in [0.3, 0.4) is 0 Å². The molecule has 0 aliphatic carbocycles. The number of hydrogen-bond donors (Lipinski definition) is 1. The van der Waals surface area contributed by atoms with E-state index < -0.39 is 8.61 Å². The third-order valence-electron chi connectivity index (χ3n) is 1.21. The van der Waals surface area contributed by atoms with Crippen LogP contribution in [0, 0.1) is 11.3 Å². The highest BCUT2D eigenvalue weighted by Gasteiger charge is 1.93. The minimum absolute atomic E-state index is 0. The monoisotopic (exact) mass is 237 g/mol. The lowest BCUT2D eigenvalue weighted by Crippen LogP contribution is -1.79. The molecule has 0 heterocycles. The predicted molar refractivity (Wildman–Crippen MR) is 58.3 cm³/mol. The molecule has 0 aromatic heterocycles. The molecule has 0 aliphatic rings. The van der Waals surface area contributed by atoms with Gasteiger partial charge in [-0.25, -0.2) is 0 Å². The molecule has 3 nitrogen and oxygen atoms in total. The molecule has 0 amide bonds. The molecular weight excluding hydrogens is 230 g/mol. The number of benzene rings is 1. The van der Waals surface area contributed by atoms with E-state index in [1.54, 1.807) is 24.3 Å². The average Bonchev–Trinajstić information content (AvgIpc) is 2.07. The maximum atomic E-state index is 10.1. The number of hydrogen-bond acceptors (Lipinski definition) is 2. The maximum absolute atomic E-state index is 10.1. The smallest absolute Gasteiger partial charge is 0.192 e. The highest BCUT2D eigenvalue weighted by atomic mass is 35.5. The minimum Gasteiger partial charge on any atom is -0.192 e. The van der Waals surface area contributed by atoms with Crippen molar-refractivity contribution in [1.29, 1.82) is 5.26 Å². The fourth-order valence-corrected chi connectivity index (χ4v) is 0.972. The van der Waals surface area contributed by atoms with E-state index in [9.17, 15) is 4.57 Å². The minimum atomic E-state index is -0.550. The molecule has 1 aromatic rings. The predicted octanol–water partition coefficient (Wildman–Crippen LogP) is 2.75. The van der Waals surface area contributed by atoms with Crippen molar-refractivity contribution in [2.75, 3.05) is 5.09 Å². The quantitative estimate of drug-likeness (QED) is 0.806. The van der Waals surface area contributed by atoms with E-state index in [0.29, 0.717) is 5.56 Å². The van der Waals surface area contributed by atoms with Gasteiger partial charge in [-0.1, -0.05) is 0 Å². The molecule has 1 rings (SSSR count). The highest BCUT2D eigenvalue weighted by Crippen LogP contribution is 2.11. The fraction of sp³-hybridized carbons (Fsp3) is 0. The Labute approximate surface area is 90.2 Å². The number of anilines is 1. The van der Waals surface area contributed by atoms with Gasteiger partial charge in [0.15, 0.2) is 0 Å². The molecule has 0 aliphatic heterocycles. The van der Waals surface area contributed by atoms with Crippen molar-refractivity contribution < 1.29 is 4.57 Å². The van der Waals surface area contributed by atoms with Gasteiger partial charge >= 0.3 is 8.61 Å². The van der Waals surface area contributed by atoms with Crippen LogP contribution < -0.4 is 5.09 Å². The van der Waals surface area contributed by atoms with Crippen molar-refractivity contribution in [3.8, 4) is 6.07 Å². The van der Waals surface area contributed by atoms with Crippen LogP contribution in [0.1, 0.15) is 5.56 Å². The first-order valence-corrected chi connectivity index (χ1v) is 3.91. The SMILES string of the molecule is Cl.Cl.N#Cc1ccc(N[PH+]=O)cc1. The number of halogens is 2. The second-order valence-corrected chi connectivity index (χ2v) is 2.37. The van der Waals surface area contributed by atoms with Crippen LogP contribution in [-0.4, -0.2) is 0 Å². The van der Waals surface area contributed by atoms with E-state index in [2.05, 4.69) is 5.09 Å². The zero-order valence-corrected chi connectivity index (χ0v) is 9.11. The molecule has 1 N–H and O–H groups in total. The number of nitriles is 1. The van der Waals surface area contributed by atoms with E-state index in [1.807, 2.05) is 6.07 Å². The van der Waals surface area contributed by atoms with Gasteiger partial charge in [0.2, 0.25) is 0 Å². The first-order valence-electron chi connectivity index (χ1n) is 3.00. The van der Waals surface area contributed by atoms with Gasteiger partial charge in [0, 0.05) is 0 Å². The summed E-state index contributed by atoms with van der Waals surface area (Å²) in [7, 11) is -0.550. The molecular formula is C7H8Cl2N2OP+. The van der Waals surface area contributed by atoms with Crippen LogP contribution in [-0.2, 0) is 4.57 Å². The van der Waals surface area contributed by atoms with Gasteiger partial charge in [-0.3, -0.25) is 0 Å². The van der Waals surface area contributed by atoms with E-state index in [1.165, 1.54) is 0 Å². The molecule has 1 aromatic carbocycles. The molecule has 0 spiro atoms. The first-order chi connectivity index (χ1) is 5.36. The summed E-state index contributed by atoms with van der Waals surface area (Å²) in [6, 6.07) is 8.75. The average molecular weight is 238 g/mol. The highest BCUT2D eigenvalue weighted by molar-refractivity contribution is 7.25. The molecule has 0 fully saturated rings. The van der Waals surface area contributed by atoms with Crippen LogP contribution in [0.2, 0.25) is 0 Å². The fourth-order valence-electron chi connectivity index (χ4n) is 0.687. The van der Waals surface area contributed by atoms with Crippen molar-refractivity contribution in [2.24, 2.45) is 0 Å². The summed E-state index contributed by atoms with van der Waals surface area (Å²) in [5, 5.41) is 11.0. The Balaban J connectivity index is 0. The van der Waals surface area contributed by atoms with Crippen LogP contribution >= 0.6 is 33.4 Å². The Morgan fingerprint density at radius 3 is 2.15 bits per heavy atom. The summed E-state index contributed by atoms with van der Waals surface area (Å²) >= 11 is 0. The van der Waals surface area contributed by atoms with Gasteiger partial charge in [-0.2, -0.15) is 10.3 Å². The van der Waals surface area contributed by atoms with E-state index in [0.717, 1.165) is 5.69 Å². The Kier molecular flexibility index (Phi) is 8.84. The number of rotatable bonds is 2. The largest absolute Gasteiger partial charge is 0.445 e. The Morgan fingerprint density at radius 2 is 1.77 bits per heavy atom. The van der Waals surface area contributed by atoms with Crippen molar-refractivity contribution >= 4 is 39.1 Å². The third-order valence-corrected chi connectivity index (χ3v) is 1.60. The van der Waals surface area contributed by atoms with Gasteiger partial charge in [-0.15, -0.1) is 24.8 Å². The van der Waals surface area contributed by atoms with Gasteiger partial charge < -0.3 is 0 Å². The lowest BCUT2D eigenvalue weighted by molar-refractivity contribution is 0.601. The molecule has 6 heteroatoms. The van der Waals surface area contributed by atoms with E-state index in [4.69, 9.17) is 5.26 Å². The molecule has 70 valence electrons. The van der Waals surface area contributed by atoms with Crippen LogP contribution in [0.15, 0.2) is 24.3 Å². The van der Waals surface area contributed by atoms with Crippen molar-refractivity contribution in [2.45, 2.75) is 0 Å². The zero-order valence-electron chi connectivity index (χ0n) is 6.48. The Bertz CT molecular complexity index is 296. The Hall–Kier alpha value is -0.810. The van der Waals surface area contributed by atoms with E-state index >= 15 is 0 Å². The maximum Gasteiger partial charge on any atom is 0.445 e. The van der Waals surface area contributed by atoms with Crippen LogP contribution in [0.25, 0.3) is 0 Å². The summed E-state index contributed by atoms with van der Waals surface area (Å²) < 4.78 is 10.1. The molecule has 1 unspecified atom stereocenters. The molecule has 0 bridgehead atoms. The molecule has 0 saturated heterocycles. The number of nitrogens with one attached hydrogen (secondary N) is 1.